The van der Waals surface area contributed by atoms with E-state index in [1.54, 1.807) is 0 Å². The second-order valence-corrected chi connectivity index (χ2v) is 18.7. The zero-order valence-corrected chi connectivity index (χ0v) is 34.9. The fourth-order valence-electron chi connectivity index (χ4n) is 9.79. The molecular weight excluding hydrogens is 770 g/mol. The highest BCUT2D eigenvalue weighted by molar-refractivity contribution is 7.85. The van der Waals surface area contributed by atoms with Crippen molar-refractivity contribution in [1.29, 1.82) is 0 Å². The van der Waals surface area contributed by atoms with E-state index in [9.17, 15) is 0 Å². The number of anilines is 3. The fraction of sp³-hybridized carbons (Fsp3) is 0.0169. The van der Waals surface area contributed by atoms with E-state index >= 15 is 4.57 Å². The van der Waals surface area contributed by atoms with Crippen molar-refractivity contribution in [2.24, 2.45) is 0 Å². The zero-order chi connectivity index (χ0) is 41.5. The molecule has 0 fully saturated rings. The molecule has 1 aliphatic rings. The van der Waals surface area contributed by atoms with Gasteiger partial charge in [-0.05, 0) is 80.2 Å². The highest BCUT2D eigenvalue weighted by atomic mass is 31.2. The van der Waals surface area contributed by atoms with Crippen LogP contribution in [0.5, 0.6) is 0 Å². The number of fused-ring (bicyclic) bond motifs is 4. The standard InChI is InChI=1S/C59H42NOP/c61-62(50-21-6-2-7-22-50,51-23-8-3-9-24-51)52-41-37-47(38-42-52)59(56-28-14-12-26-54(56)55-27-13-15-29-57(55)59)46-35-31-43(32-36-46)44-33-39-49(40-34-44)60(48-19-4-1-5-20-48)58-30-16-18-45-17-10-11-25-53(45)58/h1-42H. The first-order valence-corrected chi connectivity index (χ1v) is 22.9. The molecular formula is C59H42NOP. The van der Waals surface area contributed by atoms with E-state index in [4.69, 9.17) is 0 Å². The van der Waals surface area contributed by atoms with Gasteiger partial charge in [-0.3, -0.25) is 0 Å². The Morgan fingerprint density at radius 3 is 1.34 bits per heavy atom. The van der Waals surface area contributed by atoms with Gasteiger partial charge in [0.2, 0.25) is 0 Å². The monoisotopic (exact) mass is 811 g/mol. The smallest absolute Gasteiger partial charge is 0.171 e. The molecule has 2 nitrogen and oxygen atoms in total. The Kier molecular flexibility index (Phi) is 9.38. The van der Waals surface area contributed by atoms with Gasteiger partial charge in [-0.1, -0.05) is 224 Å². The van der Waals surface area contributed by atoms with E-state index in [1.165, 1.54) is 38.6 Å². The molecule has 294 valence electrons. The summed E-state index contributed by atoms with van der Waals surface area (Å²) in [6.07, 6.45) is 0. The molecule has 62 heavy (non-hydrogen) atoms. The number of nitrogens with zero attached hydrogens (tertiary/aromatic N) is 1. The molecule has 11 rings (SSSR count). The minimum atomic E-state index is -3.15. The number of hydrogen-bond donors (Lipinski definition) is 0. The molecule has 0 saturated carbocycles. The Morgan fingerprint density at radius 2 is 0.758 bits per heavy atom. The number of benzene rings is 10. The van der Waals surface area contributed by atoms with Gasteiger partial charge in [-0.2, -0.15) is 0 Å². The van der Waals surface area contributed by atoms with Gasteiger partial charge in [0.05, 0.1) is 11.1 Å². The third-order valence-electron chi connectivity index (χ3n) is 12.7. The van der Waals surface area contributed by atoms with Crippen molar-refractivity contribution in [3.05, 3.63) is 277 Å². The van der Waals surface area contributed by atoms with Crippen molar-refractivity contribution >= 4 is 50.9 Å². The van der Waals surface area contributed by atoms with Gasteiger partial charge in [0, 0.05) is 32.7 Å². The van der Waals surface area contributed by atoms with Gasteiger partial charge in [0.1, 0.15) is 0 Å². The number of rotatable bonds is 9. The molecule has 0 heterocycles. The summed E-state index contributed by atoms with van der Waals surface area (Å²) in [6.45, 7) is 0. The Hall–Kier alpha value is -7.51. The Bertz CT molecular complexity index is 3140. The molecule has 1 aliphatic carbocycles. The van der Waals surface area contributed by atoms with E-state index < -0.39 is 12.6 Å². The van der Waals surface area contributed by atoms with Crippen molar-refractivity contribution in [1.82, 2.24) is 0 Å². The molecule has 3 heteroatoms. The number of para-hydroxylation sites is 1. The Morgan fingerprint density at radius 1 is 0.339 bits per heavy atom. The first-order valence-electron chi connectivity index (χ1n) is 21.2. The molecule has 0 aliphatic heterocycles. The summed E-state index contributed by atoms with van der Waals surface area (Å²) >= 11 is 0. The quantitative estimate of drug-likeness (QED) is 0.135. The average molecular weight is 812 g/mol. The SMILES string of the molecule is O=P(c1ccccc1)(c1ccccc1)c1ccc(C2(c3ccc(-c4ccc(N(c5ccccc5)c5cccc6ccccc56)cc4)cc3)c3ccccc3-c3ccccc32)cc1. The molecule has 0 aromatic heterocycles. The molecule has 10 aromatic carbocycles. The lowest BCUT2D eigenvalue weighted by Gasteiger charge is -2.34. The van der Waals surface area contributed by atoms with E-state index in [1.807, 2.05) is 60.7 Å². The maximum Gasteiger partial charge on any atom is 0.171 e. The van der Waals surface area contributed by atoms with Crippen molar-refractivity contribution in [3.63, 3.8) is 0 Å². The lowest BCUT2D eigenvalue weighted by Crippen LogP contribution is -2.30. The van der Waals surface area contributed by atoms with Crippen LogP contribution >= 0.6 is 7.14 Å². The minimum Gasteiger partial charge on any atom is -0.310 e. The van der Waals surface area contributed by atoms with Crippen LogP contribution in [0, 0.1) is 0 Å². The molecule has 0 unspecified atom stereocenters. The molecule has 0 N–H and O–H groups in total. The lowest BCUT2D eigenvalue weighted by molar-refractivity contribution is 0.592. The predicted molar refractivity (Wildman–Crippen MR) is 261 cm³/mol. The summed E-state index contributed by atoms with van der Waals surface area (Å²) in [5.74, 6) is 0. The second-order valence-electron chi connectivity index (χ2n) is 16.0. The third-order valence-corrected chi connectivity index (χ3v) is 15.7. The van der Waals surface area contributed by atoms with Crippen LogP contribution in [0.15, 0.2) is 255 Å². The Labute approximate surface area is 363 Å². The van der Waals surface area contributed by atoms with E-state index in [0.717, 1.165) is 49.7 Å². The average Bonchev–Trinajstić information content (AvgIpc) is 3.66. The predicted octanol–water partition coefficient (Wildman–Crippen LogP) is 14.0. The molecule has 0 radical (unpaired) electrons. The van der Waals surface area contributed by atoms with Crippen molar-refractivity contribution in [2.75, 3.05) is 4.90 Å². The molecule has 0 atom stereocenters. The highest BCUT2D eigenvalue weighted by Crippen LogP contribution is 2.56. The van der Waals surface area contributed by atoms with Crippen LogP contribution in [-0.4, -0.2) is 0 Å². The second kappa shape index (κ2) is 15.5. The van der Waals surface area contributed by atoms with E-state index in [0.29, 0.717) is 0 Å². The third kappa shape index (κ3) is 6.06. The maximum atomic E-state index is 15.4. The van der Waals surface area contributed by atoms with Gasteiger partial charge in [-0.15, -0.1) is 0 Å². The zero-order valence-electron chi connectivity index (χ0n) is 34.1. The van der Waals surface area contributed by atoms with Crippen LogP contribution in [0.1, 0.15) is 22.3 Å². The van der Waals surface area contributed by atoms with Gasteiger partial charge < -0.3 is 9.46 Å². The highest BCUT2D eigenvalue weighted by Gasteiger charge is 2.46. The normalized spacial score (nSPS) is 12.7. The lowest BCUT2D eigenvalue weighted by atomic mass is 9.67. The fourth-order valence-corrected chi connectivity index (χ4v) is 12.4. The number of hydrogen-bond acceptors (Lipinski definition) is 2. The molecule has 0 amide bonds. The summed E-state index contributed by atoms with van der Waals surface area (Å²) < 4.78 is 15.4. The summed E-state index contributed by atoms with van der Waals surface area (Å²) in [4.78, 5) is 2.35. The maximum absolute atomic E-state index is 15.4. The van der Waals surface area contributed by atoms with Gasteiger partial charge in [0.15, 0.2) is 7.14 Å². The summed E-state index contributed by atoms with van der Waals surface area (Å²) in [5, 5.41) is 4.89. The molecule has 0 spiro atoms. The van der Waals surface area contributed by atoms with E-state index in [-0.39, 0.29) is 0 Å². The first-order chi connectivity index (χ1) is 30.6. The van der Waals surface area contributed by atoms with Crippen LogP contribution in [0.3, 0.4) is 0 Å². The van der Waals surface area contributed by atoms with Crippen molar-refractivity contribution in [2.45, 2.75) is 5.41 Å². The van der Waals surface area contributed by atoms with Crippen LogP contribution in [0.25, 0.3) is 33.0 Å². The Balaban J connectivity index is 1.01. The van der Waals surface area contributed by atoms with Crippen LogP contribution in [0.4, 0.5) is 17.1 Å². The van der Waals surface area contributed by atoms with Crippen LogP contribution in [-0.2, 0) is 9.98 Å². The van der Waals surface area contributed by atoms with Crippen molar-refractivity contribution in [3.8, 4) is 22.3 Å². The minimum absolute atomic E-state index is 0.591. The van der Waals surface area contributed by atoms with E-state index in [2.05, 4.69) is 199 Å². The van der Waals surface area contributed by atoms with Crippen molar-refractivity contribution < 1.29 is 4.57 Å². The van der Waals surface area contributed by atoms with Gasteiger partial charge in [-0.25, -0.2) is 0 Å². The molecule has 0 bridgehead atoms. The molecule has 0 saturated heterocycles. The summed E-state index contributed by atoms with van der Waals surface area (Å²) in [7, 11) is -3.15. The summed E-state index contributed by atoms with van der Waals surface area (Å²) in [6, 6.07) is 89.9. The topological polar surface area (TPSA) is 20.3 Å². The van der Waals surface area contributed by atoms with Crippen LogP contribution < -0.4 is 20.8 Å². The molecule has 10 aromatic rings. The first kappa shape index (κ1) is 37.5. The summed E-state index contributed by atoms with van der Waals surface area (Å²) in [5.41, 5.74) is 12.3. The largest absolute Gasteiger partial charge is 0.310 e. The van der Waals surface area contributed by atoms with Gasteiger partial charge in [0.25, 0.3) is 0 Å². The van der Waals surface area contributed by atoms with Gasteiger partial charge >= 0.3 is 0 Å². The van der Waals surface area contributed by atoms with Crippen LogP contribution in [0.2, 0.25) is 0 Å².